The number of aromatic nitrogens is 1. The first-order valence-corrected chi connectivity index (χ1v) is 3.88. The molecule has 2 heterocycles. The van der Waals surface area contributed by atoms with E-state index in [1.165, 1.54) is 5.56 Å². The first-order valence-electron chi connectivity index (χ1n) is 3.88. The molecule has 0 amide bonds. The molecule has 1 aliphatic heterocycles. The normalized spacial score (nSPS) is 30.8. The molecular weight excluding hydrogens is 140 g/mol. The molecule has 0 fully saturated rings. The average Bonchev–Trinajstić information content (AvgIpc) is 2.53. The molecule has 1 aliphatic rings. The van der Waals surface area contributed by atoms with Crippen LogP contribution in [-0.2, 0) is 0 Å². The van der Waals surface area contributed by atoms with Crippen LogP contribution in [0.15, 0.2) is 10.8 Å². The van der Waals surface area contributed by atoms with Crippen molar-refractivity contribution in [1.82, 2.24) is 10.1 Å². The summed E-state index contributed by atoms with van der Waals surface area (Å²) < 4.78 is 4.90. The summed E-state index contributed by atoms with van der Waals surface area (Å²) in [6.45, 7) is 4.31. The molecule has 0 aromatic carbocycles. The monoisotopic (exact) mass is 152 g/mol. The SMILES string of the molecule is CC1c2conc2C(C)N1C. The van der Waals surface area contributed by atoms with Crippen molar-refractivity contribution in [3.8, 4) is 0 Å². The summed E-state index contributed by atoms with van der Waals surface area (Å²) in [5.74, 6) is 0. The second kappa shape index (κ2) is 2.08. The predicted octanol–water partition coefficient (Wildman–Crippen LogP) is 1.74. The van der Waals surface area contributed by atoms with Gasteiger partial charge in [0.2, 0.25) is 0 Å². The molecule has 0 saturated heterocycles. The Morgan fingerprint density at radius 3 is 2.82 bits per heavy atom. The highest BCUT2D eigenvalue weighted by Gasteiger charge is 2.33. The van der Waals surface area contributed by atoms with Crippen molar-refractivity contribution in [3.05, 3.63) is 17.5 Å². The van der Waals surface area contributed by atoms with E-state index in [1.54, 1.807) is 6.26 Å². The Labute approximate surface area is 66.0 Å². The fourth-order valence-electron chi connectivity index (χ4n) is 1.63. The number of fused-ring (bicyclic) bond motifs is 1. The molecule has 0 N–H and O–H groups in total. The molecule has 1 aromatic rings. The topological polar surface area (TPSA) is 29.3 Å². The average molecular weight is 152 g/mol. The molecule has 60 valence electrons. The van der Waals surface area contributed by atoms with Crippen molar-refractivity contribution in [1.29, 1.82) is 0 Å². The maximum atomic E-state index is 4.90. The zero-order valence-corrected chi connectivity index (χ0v) is 7.03. The molecule has 0 bridgehead atoms. The third-order valence-corrected chi connectivity index (χ3v) is 2.69. The van der Waals surface area contributed by atoms with Crippen LogP contribution in [0.25, 0.3) is 0 Å². The molecule has 2 atom stereocenters. The van der Waals surface area contributed by atoms with Crippen LogP contribution in [0.3, 0.4) is 0 Å². The van der Waals surface area contributed by atoms with Gasteiger partial charge in [-0.3, -0.25) is 4.90 Å². The van der Waals surface area contributed by atoms with Gasteiger partial charge in [0, 0.05) is 11.6 Å². The predicted molar refractivity (Wildman–Crippen MR) is 41.1 cm³/mol. The number of hydrogen-bond acceptors (Lipinski definition) is 3. The van der Waals surface area contributed by atoms with Crippen LogP contribution in [0.2, 0.25) is 0 Å². The van der Waals surface area contributed by atoms with E-state index in [1.807, 2.05) is 0 Å². The summed E-state index contributed by atoms with van der Waals surface area (Å²) >= 11 is 0. The second-order valence-corrected chi connectivity index (χ2v) is 3.17. The second-order valence-electron chi connectivity index (χ2n) is 3.17. The standard InChI is InChI=1S/C8H12N2O/c1-5-7-4-11-9-8(7)6(2)10(5)3/h4-6H,1-3H3. The number of hydrogen-bond donors (Lipinski definition) is 0. The maximum Gasteiger partial charge on any atom is 0.128 e. The Balaban J connectivity index is 2.48. The van der Waals surface area contributed by atoms with Gasteiger partial charge in [-0.15, -0.1) is 0 Å². The maximum absolute atomic E-state index is 4.90. The third-order valence-electron chi connectivity index (χ3n) is 2.69. The van der Waals surface area contributed by atoms with Crippen molar-refractivity contribution in [2.75, 3.05) is 7.05 Å². The summed E-state index contributed by atoms with van der Waals surface area (Å²) in [5, 5.41) is 3.96. The molecule has 2 unspecified atom stereocenters. The first-order chi connectivity index (χ1) is 5.22. The summed E-state index contributed by atoms with van der Waals surface area (Å²) in [4.78, 5) is 2.28. The lowest BCUT2D eigenvalue weighted by Crippen LogP contribution is -2.17. The molecule has 2 rings (SSSR count). The Kier molecular flexibility index (Phi) is 1.29. The van der Waals surface area contributed by atoms with E-state index in [4.69, 9.17) is 4.52 Å². The van der Waals surface area contributed by atoms with Crippen molar-refractivity contribution in [2.45, 2.75) is 25.9 Å². The summed E-state index contributed by atoms with van der Waals surface area (Å²) in [5.41, 5.74) is 2.33. The zero-order valence-electron chi connectivity index (χ0n) is 7.03. The fraction of sp³-hybridized carbons (Fsp3) is 0.625. The molecule has 0 aliphatic carbocycles. The van der Waals surface area contributed by atoms with Crippen LogP contribution < -0.4 is 0 Å². The molecule has 11 heavy (non-hydrogen) atoms. The van der Waals surface area contributed by atoms with Crippen molar-refractivity contribution >= 4 is 0 Å². The molecule has 3 heteroatoms. The minimum absolute atomic E-state index is 0.402. The van der Waals surface area contributed by atoms with E-state index < -0.39 is 0 Å². The van der Waals surface area contributed by atoms with Crippen LogP contribution >= 0.6 is 0 Å². The molecule has 0 saturated carbocycles. The molecule has 0 radical (unpaired) electrons. The van der Waals surface area contributed by atoms with Crippen LogP contribution in [0, 0.1) is 0 Å². The van der Waals surface area contributed by atoms with E-state index in [-0.39, 0.29) is 0 Å². The van der Waals surface area contributed by atoms with Gasteiger partial charge in [0.1, 0.15) is 12.0 Å². The van der Waals surface area contributed by atoms with Crippen LogP contribution in [-0.4, -0.2) is 17.1 Å². The molecule has 0 spiro atoms. The van der Waals surface area contributed by atoms with Crippen molar-refractivity contribution < 1.29 is 4.52 Å². The van der Waals surface area contributed by atoms with Crippen molar-refractivity contribution in [3.63, 3.8) is 0 Å². The Bertz CT molecular complexity index is 244. The highest BCUT2D eigenvalue weighted by molar-refractivity contribution is 5.27. The van der Waals surface area contributed by atoms with Crippen LogP contribution in [0.5, 0.6) is 0 Å². The molecular formula is C8H12N2O. The van der Waals surface area contributed by atoms with Gasteiger partial charge in [0.05, 0.1) is 6.04 Å². The molecule has 3 nitrogen and oxygen atoms in total. The van der Waals surface area contributed by atoms with Gasteiger partial charge in [0.25, 0.3) is 0 Å². The lowest BCUT2D eigenvalue weighted by atomic mass is 10.2. The minimum Gasteiger partial charge on any atom is -0.364 e. The van der Waals surface area contributed by atoms with Crippen LogP contribution in [0.1, 0.15) is 37.2 Å². The first kappa shape index (κ1) is 6.85. The highest BCUT2D eigenvalue weighted by atomic mass is 16.5. The smallest absolute Gasteiger partial charge is 0.128 e. The molecule has 1 aromatic heterocycles. The van der Waals surface area contributed by atoms with E-state index in [0.717, 1.165) is 5.69 Å². The van der Waals surface area contributed by atoms with Gasteiger partial charge in [0.15, 0.2) is 0 Å². The third kappa shape index (κ3) is 0.744. The van der Waals surface area contributed by atoms with E-state index >= 15 is 0 Å². The van der Waals surface area contributed by atoms with Gasteiger partial charge >= 0.3 is 0 Å². The Morgan fingerprint density at radius 1 is 1.45 bits per heavy atom. The highest BCUT2D eigenvalue weighted by Crippen LogP contribution is 2.38. The number of nitrogens with zero attached hydrogens (tertiary/aromatic N) is 2. The van der Waals surface area contributed by atoms with E-state index in [0.29, 0.717) is 12.1 Å². The van der Waals surface area contributed by atoms with Gasteiger partial charge in [-0.1, -0.05) is 5.16 Å². The summed E-state index contributed by atoms with van der Waals surface area (Å²) in [7, 11) is 2.11. The van der Waals surface area contributed by atoms with Gasteiger partial charge in [-0.25, -0.2) is 0 Å². The zero-order chi connectivity index (χ0) is 8.01. The Hall–Kier alpha value is -0.830. The largest absolute Gasteiger partial charge is 0.364 e. The summed E-state index contributed by atoms with van der Waals surface area (Å²) in [6.07, 6.45) is 1.75. The Morgan fingerprint density at radius 2 is 2.18 bits per heavy atom. The van der Waals surface area contributed by atoms with E-state index in [2.05, 4.69) is 31.0 Å². The quantitative estimate of drug-likeness (QED) is 0.567. The lowest BCUT2D eigenvalue weighted by molar-refractivity contribution is 0.218. The minimum atomic E-state index is 0.402. The van der Waals surface area contributed by atoms with E-state index in [9.17, 15) is 0 Å². The van der Waals surface area contributed by atoms with Gasteiger partial charge in [-0.05, 0) is 20.9 Å². The van der Waals surface area contributed by atoms with Crippen LogP contribution in [0.4, 0.5) is 0 Å². The fourth-order valence-corrected chi connectivity index (χ4v) is 1.63. The van der Waals surface area contributed by atoms with Gasteiger partial charge in [-0.2, -0.15) is 0 Å². The number of rotatable bonds is 0. The van der Waals surface area contributed by atoms with Gasteiger partial charge < -0.3 is 4.52 Å². The van der Waals surface area contributed by atoms with Crippen molar-refractivity contribution in [2.24, 2.45) is 0 Å². The lowest BCUT2D eigenvalue weighted by Gasteiger charge is -2.19. The summed E-state index contributed by atoms with van der Waals surface area (Å²) in [6, 6.07) is 0.852.